The van der Waals surface area contributed by atoms with Crippen LogP contribution in [0.25, 0.3) is 0 Å². The highest BCUT2D eigenvalue weighted by Crippen LogP contribution is 2.32. The lowest BCUT2D eigenvalue weighted by Gasteiger charge is -2.19. The van der Waals surface area contributed by atoms with E-state index in [-0.39, 0.29) is 34.5 Å². The maximum absolute atomic E-state index is 13.1. The third-order valence-electron chi connectivity index (χ3n) is 6.34. The molecule has 1 aliphatic rings. The van der Waals surface area contributed by atoms with Crippen LogP contribution >= 0.6 is 0 Å². The Balaban J connectivity index is 1.47. The van der Waals surface area contributed by atoms with Crippen molar-refractivity contribution in [3.05, 3.63) is 89.0 Å². The van der Waals surface area contributed by atoms with E-state index in [1.54, 1.807) is 45.0 Å². The molecule has 0 saturated heterocycles. The van der Waals surface area contributed by atoms with E-state index in [0.717, 1.165) is 4.90 Å². The molecule has 7 heteroatoms. The third kappa shape index (κ3) is 5.52. The minimum Gasteiger partial charge on any atom is -0.457 e. The van der Waals surface area contributed by atoms with Gasteiger partial charge in [-0.1, -0.05) is 53.7 Å². The topological polar surface area (TPSA) is 90.0 Å². The predicted octanol–water partition coefficient (Wildman–Crippen LogP) is 6.35. The summed E-state index contributed by atoms with van der Waals surface area (Å²) in [6, 6.07) is 18.7. The Kier molecular flexibility index (Phi) is 6.98. The molecule has 196 valence electrons. The molecule has 0 spiro atoms. The minimum atomic E-state index is -0.735. The van der Waals surface area contributed by atoms with Gasteiger partial charge in [-0.2, -0.15) is 0 Å². The van der Waals surface area contributed by atoms with Gasteiger partial charge in [-0.05, 0) is 65.6 Å². The summed E-state index contributed by atoms with van der Waals surface area (Å²) in [5.74, 6) is -0.755. The van der Waals surface area contributed by atoms with Crippen molar-refractivity contribution in [1.29, 1.82) is 0 Å². The van der Waals surface area contributed by atoms with Crippen LogP contribution in [0.1, 0.15) is 78.2 Å². The van der Waals surface area contributed by atoms with Gasteiger partial charge in [0.25, 0.3) is 11.8 Å². The van der Waals surface area contributed by atoms with E-state index < -0.39 is 23.2 Å². The molecule has 0 fully saturated rings. The van der Waals surface area contributed by atoms with Crippen LogP contribution in [0.2, 0.25) is 0 Å². The fourth-order valence-electron chi connectivity index (χ4n) is 3.86. The summed E-state index contributed by atoms with van der Waals surface area (Å²) in [5, 5.41) is 0. The normalized spacial score (nSPS) is 13.4. The van der Waals surface area contributed by atoms with Gasteiger partial charge in [-0.3, -0.25) is 14.4 Å². The SMILES string of the molecule is CC(C)(C)C(=O)COC(=O)c1ccc2c(c1)C(=O)N(c1ccc(Oc3ccc(C(C)(C)C)cc3)cc1)C2=O. The molecule has 0 unspecified atom stereocenters. The molecule has 0 radical (unpaired) electrons. The minimum absolute atomic E-state index is 0.0406. The zero-order chi connectivity index (χ0) is 27.8. The van der Waals surface area contributed by atoms with Crippen LogP contribution in [-0.4, -0.2) is 30.2 Å². The molecule has 0 bridgehead atoms. The van der Waals surface area contributed by atoms with Crippen molar-refractivity contribution in [2.75, 3.05) is 11.5 Å². The second-order valence-corrected chi connectivity index (χ2v) is 11.3. The molecule has 1 heterocycles. The zero-order valence-electron chi connectivity index (χ0n) is 22.5. The molecule has 7 nitrogen and oxygen atoms in total. The van der Waals surface area contributed by atoms with Crippen molar-refractivity contribution in [3.63, 3.8) is 0 Å². The molecule has 4 rings (SSSR count). The van der Waals surface area contributed by atoms with Crippen LogP contribution in [0.5, 0.6) is 11.5 Å². The molecule has 2 amide bonds. The summed E-state index contributed by atoms with van der Waals surface area (Å²) in [5.41, 5.74) is 1.36. The molecule has 0 aromatic heterocycles. The van der Waals surface area contributed by atoms with Crippen molar-refractivity contribution < 1.29 is 28.7 Å². The lowest BCUT2D eigenvalue weighted by Crippen LogP contribution is -2.29. The lowest BCUT2D eigenvalue weighted by atomic mass is 9.87. The van der Waals surface area contributed by atoms with E-state index in [9.17, 15) is 19.2 Å². The van der Waals surface area contributed by atoms with Crippen molar-refractivity contribution in [2.45, 2.75) is 47.0 Å². The number of amides is 2. The Morgan fingerprint density at radius 1 is 0.737 bits per heavy atom. The van der Waals surface area contributed by atoms with Crippen LogP contribution in [0.4, 0.5) is 5.69 Å². The highest BCUT2D eigenvalue weighted by atomic mass is 16.5. The summed E-state index contributed by atoms with van der Waals surface area (Å²) < 4.78 is 11.0. The predicted molar refractivity (Wildman–Crippen MR) is 144 cm³/mol. The molecule has 3 aromatic rings. The Bertz CT molecular complexity index is 1410. The van der Waals surface area contributed by atoms with Gasteiger partial charge >= 0.3 is 5.97 Å². The van der Waals surface area contributed by atoms with Gasteiger partial charge < -0.3 is 9.47 Å². The molecular formula is C31H31NO6. The number of nitrogens with zero attached hydrogens (tertiary/aromatic N) is 1. The molecule has 0 aliphatic carbocycles. The number of ketones is 1. The van der Waals surface area contributed by atoms with Crippen molar-refractivity contribution in [3.8, 4) is 11.5 Å². The van der Waals surface area contributed by atoms with Crippen molar-refractivity contribution >= 4 is 29.3 Å². The van der Waals surface area contributed by atoms with E-state index in [0.29, 0.717) is 17.2 Å². The summed E-state index contributed by atoms with van der Waals surface area (Å²) in [7, 11) is 0. The Morgan fingerprint density at radius 2 is 1.29 bits per heavy atom. The highest BCUT2D eigenvalue weighted by Gasteiger charge is 2.37. The molecule has 38 heavy (non-hydrogen) atoms. The first-order chi connectivity index (χ1) is 17.8. The summed E-state index contributed by atoms with van der Waals surface area (Å²) in [6.07, 6.45) is 0. The average molecular weight is 514 g/mol. The number of carbonyl (C=O) groups is 4. The number of Topliss-reactive ketones (excluding diaryl/α,β-unsaturated/α-hetero) is 1. The molecule has 3 aromatic carbocycles. The van der Waals surface area contributed by atoms with Gasteiger partial charge in [-0.15, -0.1) is 0 Å². The molecule has 0 atom stereocenters. The number of hydrogen-bond donors (Lipinski definition) is 0. The first-order valence-corrected chi connectivity index (χ1v) is 12.4. The van der Waals surface area contributed by atoms with E-state index in [2.05, 4.69) is 20.8 Å². The van der Waals surface area contributed by atoms with Crippen LogP contribution in [-0.2, 0) is 14.9 Å². The number of imide groups is 1. The summed E-state index contributed by atoms with van der Waals surface area (Å²) in [6.45, 7) is 11.3. The smallest absolute Gasteiger partial charge is 0.338 e. The van der Waals surface area contributed by atoms with Gasteiger partial charge in [-0.25, -0.2) is 9.69 Å². The number of esters is 1. The van der Waals surface area contributed by atoms with Gasteiger partial charge in [0.1, 0.15) is 11.5 Å². The van der Waals surface area contributed by atoms with Crippen LogP contribution < -0.4 is 9.64 Å². The first-order valence-electron chi connectivity index (χ1n) is 12.4. The second kappa shape index (κ2) is 9.89. The van der Waals surface area contributed by atoms with E-state index >= 15 is 0 Å². The third-order valence-corrected chi connectivity index (χ3v) is 6.34. The first kappa shape index (κ1) is 26.8. The fraction of sp³-hybridized carbons (Fsp3) is 0.290. The highest BCUT2D eigenvalue weighted by molar-refractivity contribution is 6.34. The number of anilines is 1. The van der Waals surface area contributed by atoms with Gasteiger partial charge in [0.2, 0.25) is 0 Å². The monoisotopic (exact) mass is 513 g/mol. The number of ether oxygens (including phenoxy) is 2. The number of hydrogen-bond acceptors (Lipinski definition) is 6. The standard InChI is InChI=1S/C31H31NO6/c1-30(2,3)20-8-12-22(13-9-20)38-23-14-10-21(11-15-23)32-27(34)24-16-7-19(17-25(24)28(32)35)29(36)37-18-26(33)31(4,5)6/h7-17H,18H2,1-6H3. The fourth-order valence-corrected chi connectivity index (χ4v) is 3.86. The van der Waals surface area contributed by atoms with Crippen LogP contribution in [0.3, 0.4) is 0 Å². The average Bonchev–Trinajstić information content (AvgIpc) is 3.11. The maximum atomic E-state index is 13.1. The summed E-state index contributed by atoms with van der Waals surface area (Å²) in [4.78, 5) is 51.8. The number of rotatable bonds is 6. The number of carbonyl (C=O) groups excluding carboxylic acids is 4. The van der Waals surface area contributed by atoms with Crippen molar-refractivity contribution in [2.24, 2.45) is 5.41 Å². The Hall–Kier alpha value is -4.26. The number of fused-ring (bicyclic) bond motifs is 1. The summed E-state index contributed by atoms with van der Waals surface area (Å²) >= 11 is 0. The van der Waals surface area contributed by atoms with E-state index in [1.807, 2.05) is 24.3 Å². The molecule has 0 N–H and O–H groups in total. The Labute approximate surface area is 222 Å². The van der Waals surface area contributed by atoms with E-state index in [1.165, 1.54) is 23.8 Å². The second-order valence-electron chi connectivity index (χ2n) is 11.3. The zero-order valence-corrected chi connectivity index (χ0v) is 22.5. The van der Waals surface area contributed by atoms with Crippen LogP contribution in [0.15, 0.2) is 66.7 Å². The van der Waals surface area contributed by atoms with Gasteiger partial charge in [0.15, 0.2) is 12.4 Å². The number of benzene rings is 3. The molecule has 0 saturated carbocycles. The quantitative estimate of drug-likeness (QED) is 0.282. The van der Waals surface area contributed by atoms with Gasteiger partial charge in [0.05, 0.1) is 22.4 Å². The maximum Gasteiger partial charge on any atom is 0.338 e. The Morgan fingerprint density at radius 3 is 1.84 bits per heavy atom. The van der Waals surface area contributed by atoms with Crippen molar-refractivity contribution in [1.82, 2.24) is 0 Å². The van der Waals surface area contributed by atoms with Crippen LogP contribution in [0, 0.1) is 5.41 Å². The van der Waals surface area contributed by atoms with Gasteiger partial charge in [0, 0.05) is 5.41 Å². The lowest BCUT2D eigenvalue weighted by molar-refractivity contribution is -0.129. The largest absolute Gasteiger partial charge is 0.457 e. The molecular weight excluding hydrogens is 482 g/mol. The van der Waals surface area contributed by atoms with E-state index in [4.69, 9.17) is 9.47 Å². The molecule has 1 aliphatic heterocycles.